The molecule has 0 saturated carbocycles. The molecule has 1 aromatic rings. The number of nitrogens with zero attached hydrogens (tertiary/aromatic N) is 1. The van der Waals surface area contributed by atoms with E-state index in [0.717, 1.165) is 17.1 Å². The van der Waals surface area contributed by atoms with Crippen molar-refractivity contribution in [1.82, 2.24) is 10.3 Å². The molecule has 0 radical (unpaired) electrons. The summed E-state index contributed by atoms with van der Waals surface area (Å²) in [5.74, 6) is -0.00240. The Kier molecular flexibility index (Phi) is 5.28. The van der Waals surface area contributed by atoms with E-state index in [1.54, 1.807) is 11.3 Å². The van der Waals surface area contributed by atoms with E-state index in [2.05, 4.69) is 31.1 Å². The van der Waals surface area contributed by atoms with Gasteiger partial charge in [0.2, 0.25) is 5.91 Å². The Morgan fingerprint density at radius 1 is 1.56 bits per heavy atom. The molecule has 0 spiro atoms. The van der Waals surface area contributed by atoms with Gasteiger partial charge in [0.25, 0.3) is 0 Å². The van der Waals surface area contributed by atoms with E-state index in [-0.39, 0.29) is 17.4 Å². The molecule has 0 saturated heterocycles. The average molecular weight is 269 g/mol. The van der Waals surface area contributed by atoms with Crippen LogP contribution in [0.15, 0.2) is 5.38 Å². The van der Waals surface area contributed by atoms with Crippen LogP contribution < -0.4 is 11.1 Å². The minimum absolute atomic E-state index is 0.00240. The largest absolute Gasteiger partial charge is 0.350 e. The number of amides is 1. The summed E-state index contributed by atoms with van der Waals surface area (Å²) < 4.78 is 0. The predicted octanol–water partition coefficient (Wildman–Crippen LogP) is 2.22. The lowest BCUT2D eigenvalue weighted by molar-refractivity contribution is -0.121. The molecule has 0 aromatic carbocycles. The minimum atomic E-state index is -0.0813. The SMILES string of the molecule is Cc1nc(CNC(=O)CC(N)CC(C)(C)C)cs1. The van der Waals surface area contributed by atoms with E-state index >= 15 is 0 Å². The number of carbonyl (C=O) groups is 1. The monoisotopic (exact) mass is 269 g/mol. The van der Waals surface area contributed by atoms with Crippen molar-refractivity contribution in [2.45, 2.75) is 53.1 Å². The molecule has 0 aliphatic heterocycles. The quantitative estimate of drug-likeness (QED) is 0.861. The number of hydrogen-bond acceptors (Lipinski definition) is 4. The Hall–Kier alpha value is -0.940. The molecule has 1 heterocycles. The molecule has 1 unspecified atom stereocenters. The third-order valence-corrected chi connectivity index (χ3v) is 3.28. The van der Waals surface area contributed by atoms with E-state index in [1.807, 2.05) is 12.3 Å². The van der Waals surface area contributed by atoms with Crippen molar-refractivity contribution in [3.8, 4) is 0 Å². The standard InChI is InChI=1S/C13H23N3OS/c1-9-16-11(8-18-9)7-15-12(17)5-10(14)6-13(2,3)4/h8,10H,5-7,14H2,1-4H3,(H,15,17). The number of nitrogens with one attached hydrogen (secondary N) is 1. The summed E-state index contributed by atoms with van der Waals surface area (Å²) in [5.41, 5.74) is 7.03. The fourth-order valence-corrected chi connectivity index (χ4v) is 2.46. The molecule has 0 aliphatic rings. The molecule has 0 aliphatic carbocycles. The fraction of sp³-hybridized carbons (Fsp3) is 0.692. The first-order valence-electron chi connectivity index (χ1n) is 6.19. The summed E-state index contributed by atoms with van der Waals surface area (Å²) in [4.78, 5) is 16.0. The van der Waals surface area contributed by atoms with Crippen LogP contribution in [0, 0.1) is 12.3 Å². The Bertz CT molecular complexity index is 395. The van der Waals surface area contributed by atoms with Crippen LogP contribution in [0.5, 0.6) is 0 Å². The highest BCUT2D eigenvalue weighted by Gasteiger charge is 2.18. The van der Waals surface area contributed by atoms with Crippen LogP contribution in [-0.2, 0) is 11.3 Å². The van der Waals surface area contributed by atoms with Gasteiger partial charge in [-0.3, -0.25) is 4.79 Å². The number of aromatic nitrogens is 1. The van der Waals surface area contributed by atoms with Crippen LogP contribution in [0.1, 0.15) is 44.3 Å². The van der Waals surface area contributed by atoms with Gasteiger partial charge in [0, 0.05) is 17.8 Å². The number of carbonyl (C=O) groups excluding carboxylic acids is 1. The maximum absolute atomic E-state index is 11.7. The van der Waals surface area contributed by atoms with Crippen molar-refractivity contribution in [2.75, 3.05) is 0 Å². The Morgan fingerprint density at radius 2 is 2.22 bits per heavy atom. The summed E-state index contributed by atoms with van der Waals surface area (Å²) in [6.07, 6.45) is 1.22. The first-order valence-corrected chi connectivity index (χ1v) is 7.07. The van der Waals surface area contributed by atoms with Crippen LogP contribution >= 0.6 is 11.3 Å². The van der Waals surface area contributed by atoms with Gasteiger partial charge >= 0.3 is 0 Å². The van der Waals surface area contributed by atoms with Gasteiger partial charge in [0.15, 0.2) is 0 Å². The summed E-state index contributed by atoms with van der Waals surface area (Å²) in [5, 5.41) is 5.83. The molecule has 3 N–H and O–H groups in total. The maximum atomic E-state index is 11.7. The van der Waals surface area contributed by atoms with Crippen LogP contribution in [-0.4, -0.2) is 16.9 Å². The molecule has 0 bridgehead atoms. The molecule has 18 heavy (non-hydrogen) atoms. The van der Waals surface area contributed by atoms with Gasteiger partial charge in [-0.15, -0.1) is 11.3 Å². The maximum Gasteiger partial charge on any atom is 0.221 e. The van der Waals surface area contributed by atoms with Crippen molar-refractivity contribution in [3.05, 3.63) is 16.1 Å². The molecule has 1 amide bonds. The number of hydrogen-bond donors (Lipinski definition) is 2. The van der Waals surface area contributed by atoms with Gasteiger partial charge in [-0.1, -0.05) is 20.8 Å². The predicted molar refractivity (Wildman–Crippen MR) is 75.4 cm³/mol. The van der Waals surface area contributed by atoms with E-state index in [1.165, 1.54) is 0 Å². The molecular weight excluding hydrogens is 246 g/mol. The van der Waals surface area contributed by atoms with Crippen LogP contribution in [0.4, 0.5) is 0 Å². The Labute approximate surface area is 113 Å². The average Bonchev–Trinajstić information content (AvgIpc) is 2.58. The van der Waals surface area contributed by atoms with Gasteiger partial charge in [-0.05, 0) is 18.8 Å². The van der Waals surface area contributed by atoms with Crippen molar-refractivity contribution in [3.63, 3.8) is 0 Å². The summed E-state index contributed by atoms with van der Waals surface area (Å²) in [6.45, 7) is 8.83. The lowest BCUT2D eigenvalue weighted by Crippen LogP contribution is -2.34. The smallest absolute Gasteiger partial charge is 0.221 e. The number of thiazole rings is 1. The highest BCUT2D eigenvalue weighted by Crippen LogP contribution is 2.20. The third kappa shape index (κ3) is 6.12. The van der Waals surface area contributed by atoms with Crippen LogP contribution in [0.2, 0.25) is 0 Å². The normalized spacial score (nSPS) is 13.4. The van der Waals surface area contributed by atoms with E-state index in [0.29, 0.717) is 13.0 Å². The molecule has 5 heteroatoms. The fourth-order valence-electron chi connectivity index (χ4n) is 1.85. The first-order chi connectivity index (χ1) is 8.26. The Balaban J connectivity index is 2.29. The lowest BCUT2D eigenvalue weighted by atomic mass is 9.87. The number of nitrogens with two attached hydrogens (primary N) is 1. The second kappa shape index (κ2) is 6.29. The summed E-state index contributed by atoms with van der Waals surface area (Å²) >= 11 is 1.59. The van der Waals surface area contributed by atoms with E-state index < -0.39 is 0 Å². The molecular formula is C13H23N3OS. The molecule has 1 atom stereocenters. The molecule has 0 fully saturated rings. The van der Waals surface area contributed by atoms with Gasteiger partial charge < -0.3 is 11.1 Å². The summed E-state index contributed by atoms with van der Waals surface area (Å²) in [7, 11) is 0. The van der Waals surface area contributed by atoms with Gasteiger partial charge in [-0.2, -0.15) is 0 Å². The third-order valence-electron chi connectivity index (χ3n) is 2.46. The van der Waals surface area contributed by atoms with Gasteiger partial charge in [0.1, 0.15) is 0 Å². The zero-order valence-corrected chi connectivity index (χ0v) is 12.4. The Morgan fingerprint density at radius 3 is 2.72 bits per heavy atom. The van der Waals surface area contributed by atoms with Gasteiger partial charge in [0.05, 0.1) is 17.2 Å². The lowest BCUT2D eigenvalue weighted by Gasteiger charge is -2.22. The molecule has 102 valence electrons. The van der Waals surface area contributed by atoms with Gasteiger partial charge in [-0.25, -0.2) is 4.98 Å². The van der Waals surface area contributed by atoms with E-state index in [9.17, 15) is 4.79 Å². The zero-order chi connectivity index (χ0) is 13.8. The topological polar surface area (TPSA) is 68.0 Å². The molecule has 1 rings (SSSR count). The highest BCUT2D eigenvalue weighted by molar-refractivity contribution is 7.09. The highest BCUT2D eigenvalue weighted by atomic mass is 32.1. The van der Waals surface area contributed by atoms with Crippen LogP contribution in [0.25, 0.3) is 0 Å². The zero-order valence-electron chi connectivity index (χ0n) is 11.6. The van der Waals surface area contributed by atoms with E-state index in [4.69, 9.17) is 5.73 Å². The first kappa shape index (κ1) is 15.1. The number of rotatable bonds is 5. The second-order valence-electron chi connectivity index (χ2n) is 5.86. The molecule has 1 aromatic heterocycles. The van der Waals surface area contributed by atoms with Crippen molar-refractivity contribution in [2.24, 2.45) is 11.1 Å². The summed E-state index contributed by atoms with van der Waals surface area (Å²) in [6, 6.07) is -0.0813. The minimum Gasteiger partial charge on any atom is -0.350 e. The van der Waals surface area contributed by atoms with Crippen molar-refractivity contribution < 1.29 is 4.79 Å². The molecule has 4 nitrogen and oxygen atoms in total. The van der Waals surface area contributed by atoms with Crippen LogP contribution in [0.3, 0.4) is 0 Å². The second-order valence-corrected chi connectivity index (χ2v) is 6.93. The number of aryl methyl sites for hydroxylation is 1. The van der Waals surface area contributed by atoms with Crippen molar-refractivity contribution in [1.29, 1.82) is 0 Å². The van der Waals surface area contributed by atoms with Crippen molar-refractivity contribution >= 4 is 17.2 Å².